The maximum absolute atomic E-state index is 12.5. The smallest absolute Gasteiger partial charge is 0.415 e. The average Bonchev–Trinajstić information content (AvgIpc) is 2.78. The molecule has 7 nitrogen and oxygen atoms in total. The largest absolute Gasteiger partial charge is 0.443 e. The van der Waals surface area contributed by atoms with Crippen LogP contribution in [0.5, 0.6) is 0 Å². The van der Waals surface area contributed by atoms with E-state index in [0.717, 1.165) is 4.52 Å². The van der Waals surface area contributed by atoms with Gasteiger partial charge in [0.25, 0.3) is 0 Å². The van der Waals surface area contributed by atoms with E-state index in [9.17, 15) is 9.59 Å². The molecule has 0 spiro atoms. The van der Waals surface area contributed by atoms with Gasteiger partial charge in [-0.2, -0.15) is 9.61 Å². The zero-order valence-electron chi connectivity index (χ0n) is 15.5. The molecule has 0 saturated carbocycles. The number of aromatic nitrogens is 3. The Labute approximate surface area is 137 Å². The van der Waals surface area contributed by atoms with E-state index in [2.05, 4.69) is 10.1 Å². The fourth-order valence-electron chi connectivity index (χ4n) is 1.73. The van der Waals surface area contributed by atoms with Crippen LogP contribution >= 0.6 is 11.6 Å². The fraction of sp³-hybridized carbons (Fsp3) is 0.429. The lowest BCUT2D eigenvalue weighted by Gasteiger charge is -2.24. The van der Waals surface area contributed by atoms with E-state index < -0.39 is 18.7 Å². The van der Waals surface area contributed by atoms with Crippen LogP contribution in [0.25, 0.3) is 5.65 Å². The zero-order chi connectivity index (χ0) is 19.2. The standard InChI is InChI=1S/C14H17ClN4O3/c1-8(20)9-7-16-19-11(6-10(15)17-12(9)19)18(5)13(21)22-14(2,3)4/h6-7H,1-5H3/i5D3. The number of carbonyl (C=O) groups excluding carboxylic acids is 2. The van der Waals surface area contributed by atoms with E-state index in [4.69, 9.17) is 20.5 Å². The Balaban J connectivity index is 2.70. The quantitative estimate of drug-likeness (QED) is 0.626. The van der Waals surface area contributed by atoms with Crippen LogP contribution in [0, 0.1) is 0 Å². The number of hydrogen-bond donors (Lipinski definition) is 0. The lowest BCUT2D eigenvalue weighted by atomic mass is 10.2. The number of ether oxygens (including phenoxy) is 1. The molecule has 2 rings (SSSR count). The van der Waals surface area contributed by atoms with E-state index in [1.165, 1.54) is 19.2 Å². The van der Waals surface area contributed by atoms with Gasteiger partial charge < -0.3 is 4.74 Å². The molecule has 0 aliphatic rings. The molecule has 0 aliphatic heterocycles. The lowest BCUT2D eigenvalue weighted by molar-refractivity contribution is 0.0587. The van der Waals surface area contributed by atoms with Gasteiger partial charge in [-0.15, -0.1) is 0 Å². The molecule has 0 atom stereocenters. The summed E-state index contributed by atoms with van der Waals surface area (Å²) in [6, 6.07) is 1.17. The van der Waals surface area contributed by atoms with Gasteiger partial charge in [-0.3, -0.25) is 9.69 Å². The SMILES string of the molecule is [2H]C([2H])([2H])N(C(=O)OC(C)(C)C)c1cc(Cl)nc2c(C(C)=O)cnn12. The van der Waals surface area contributed by atoms with Crippen LogP contribution in [0.15, 0.2) is 12.3 Å². The van der Waals surface area contributed by atoms with Gasteiger partial charge in [-0.25, -0.2) is 9.78 Å². The van der Waals surface area contributed by atoms with E-state index >= 15 is 0 Å². The molecule has 118 valence electrons. The summed E-state index contributed by atoms with van der Waals surface area (Å²) in [5, 5.41) is 3.88. The van der Waals surface area contributed by atoms with Crippen LogP contribution < -0.4 is 4.90 Å². The molecule has 0 bridgehead atoms. The van der Waals surface area contributed by atoms with Gasteiger partial charge in [-0.05, 0) is 27.7 Å². The van der Waals surface area contributed by atoms with Gasteiger partial charge >= 0.3 is 6.09 Å². The summed E-state index contributed by atoms with van der Waals surface area (Å²) < 4.78 is 29.3. The van der Waals surface area contributed by atoms with Crippen molar-refractivity contribution in [1.82, 2.24) is 14.6 Å². The molecule has 2 heterocycles. The van der Waals surface area contributed by atoms with Crippen LogP contribution in [-0.2, 0) is 4.74 Å². The number of amides is 1. The van der Waals surface area contributed by atoms with E-state index in [-0.39, 0.29) is 28.0 Å². The number of hydrogen-bond acceptors (Lipinski definition) is 5. The maximum Gasteiger partial charge on any atom is 0.415 e. The minimum absolute atomic E-state index is 0.0489. The average molecular weight is 328 g/mol. The van der Waals surface area contributed by atoms with Crippen LogP contribution in [-0.4, -0.2) is 39.1 Å². The number of rotatable bonds is 2. The predicted octanol–water partition coefficient (Wildman–Crippen LogP) is 2.96. The highest BCUT2D eigenvalue weighted by Gasteiger charge is 2.24. The van der Waals surface area contributed by atoms with Crippen LogP contribution in [0.1, 0.15) is 42.2 Å². The van der Waals surface area contributed by atoms with E-state index in [0.29, 0.717) is 4.90 Å². The van der Waals surface area contributed by atoms with E-state index in [1.807, 2.05) is 0 Å². The predicted molar refractivity (Wildman–Crippen MR) is 82.6 cm³/mol. The van der Waals surface area contributed by atoms with Gasteiger partial charge in [0.15, 0.2) is 11.4 Å². The zero-order valence-corrected chi connectivity index (χ0v) is 13.3. The molecule has 2 aromatic heterocycles. The van der Waals surface area contributed by atoms with Crippen molar-refractivity contribution in [2.45, 2.75) is 33.3 Å². The second-order valence-corrected chi connectivity index (χ2v) is 5.99. The highest BCUT2D eigenvalue weighted by molar-refractivity contribution is 6.30. The topological polar surface area (TPSA) is 76.8 Å². The Morgan fingerprint density at radius 2 is 2.14 bits per heavy atom. The van der Waals surface area contributed by atoms with Crippen molar-refractivity contribution in [3.05, 3.63) is 23.0 Å². The van der Waals surface area contributed by atoms with Gasteiger partial charge in [-0.1, -0.05) is 11.6 Å². The number of anilines is 1. The Hall–Kier alpha value is -2.15. The van der Waals surface area contributed by atoms with Crippen molar-refractivity contribution < 1.29 is 18.4 Å². The Morgan fingerprint density at radius 3 is 2.68 bits per heavy atom. The molecule has 0 unspecified atom stereocenters. The third kappa shape index (κ3) is 3.19. The van der Waals surface area contributed by atoms with Crippen LogP contribution in [0.2, 0.25) is 5.15 Å². The van der Waals surface area contributed by atoms with Crippen molar-refractivity contribution in [2.75, 3.05) is 11.9 Å². The molecule has 2 aromatic rings. The molecule has 22 heavy (non-hydrogen) atoms. The minimum atomic E-state index is -2.87. The van der Waals surface area contributed by atoms with Gasteiger partial charge in [0.05, 0.1) is 11.8 Å². The van der Waals surface area contributed by atoms with Crippen molar-refractivity contribution in [2.24, 2.45) is 0 Å². The third-order valence-electron chi connectivity index (χ3n) is 2.61. The van der Waals surface area contributed by atoms with Crippen molar-refractivity contribution in [1.29, 1.82) is 0 Å². The van der Waals surface area contributed by atoms with Crippen molar-refractivity contribution >= 4 is 34.9 Å². The van der Waals surface area contributed by atoms with Gasteiger partial charge in [0.1, 0.15) is 16.6 Å². The normalized spacial score (nSPS) is 14.1. The molecule has 0 radical (unpaired) electrons. The molecule has 1 amide bonds. The molecule has 0 fully saturated rings. The molecule has 0 saturated heterocycles. The first-order valence-corrected chi connectivity index (χ1v) is 6.77. The number of ketones is 1. The molecular formula is C14H17ClN4O3. The number of carbonyl (C=O) groups is 2. The summed E-state index contributed by atoms with van der Waals surface area (Å²) in [5.41, 5.74) is -0.711. The van der Waals surface area contributed by atoms with Gasteiger partial charge in [0.2, 0.25) is 0 Å². The fourth-order valence-corrected chi connectivity index (χ4v) is 1.90. The number of fused-ring (bicyclic) bond motifs is 1. The van der Waals surface area contributed by atoms with Gasteiger partial charge in [0, 0.05) is 17.2 Å². The first kappa shape index (κ1) is 12.4. The van der Waals surface area contributed by atoms with Crippen LogP contribution in [0.4, 0.5) is 10.6 Å². The third-order valence-corrected chi connectivity index (χ3v) is 2.80. The molecular weight excluding hydrogens is 308 g/mol. The number of halogens is 1. The first-order valence-electron chi connectivity index (χ1n) is 7.89. The Kier molecular flexibility index (Phi) is 3.14. The lowest BCUT2D eigenvalue weighted by Crippen LogP contribution is -2.35. The van der Waals surface area contributed by atoms with Crippen molar-refractivity contribution in [3.63, 3.8) is 0 Å². The molecule has 8 heteroatoms. The summed E-state index contributed by atoms with van der Waals surface area (Å²) in [6.07, 6.45) is 0.132. The van der Waals surface area contributed by atoms with Crippen LogP contribution in [0.3, 0.4) is 0 Å². The Bertz CT molecular complexity index is 842. The van der Waals surface area contributed by atoms with E-state index in [1.54, 1.807) is 20.8 Å². The monoisotopic (exact) mass is 327 g/mol. The molecule has 0 aliphatic carbocycles. The first-order chi connectivity index (χ1) is 11.3. The molecule has 0 N–H and O–H groups in total. The summed E-state index contributed by atoms with van der Waals surface area (Å²) in [6.45, 7) is 3.27. The summed E-state index contributed by atoms with van der Waals surface area (Å²) in [7, 11) is 0. The second-order valence-electron chi connectivity index (χ2n) is 5.60. The summed E-state index contributed by atoms with van der Waals surface area (Å²) in [5.74, 6) is -0.509. The molecule has 0 aromatic carbocycles. The Morgan fingerprint density at radius 1 is 1.45 bits per heavy atom. The highest BCUT2D eigenvalue weighted by atomic mass is 35.5. The summed E-state index contributed by atoms with van der Waals surface area (Å²) in [4.78, 5) is 28.6. The number of nitrogens with zero attached hydrogens (tertiary/aromatic N) is 4. The number of Topliss-reactive ketones (excluding diaryl/α,β-unsaturated/α-hetero) is 1. The van der Waals surface area contributed by atoms with Crippen molar-refractivity contribution in [3.8, 4) is 0 Å². The minimum Gasteiger partial charge on any atom is -0.443 e. The second kappa shape index (κ2) is 5.57. The maximum atomic E-state index is 12.5. The summed E-state index contributed by atoms with van der Waals surface area (Å²) >= 11 is 5.96. The highest BCUT2D eigenvalue weighted by Crippen LogP contribution is 2.23.